The summed E-state index contributed by atoms with van der Waals surface area (Å²) in [4.78, 5) is 0. The van der Waals surface area contributed by atoms with Crippen LogP contribution in [0.5, 0.6) is 0 Å². The predicted octanol–water partition coefficient (Wildman–Crippen LogP) is 5.48. The summed E-state index contributed by atoms with van der Waals surface area (Å²) in [6, 6.07) is 2.39. The molecule has 2 rings (SSSR count). The Morgan fingerprint density at radius 1 is 1.14 bits per heavy atom. The minimum atomic E-state index is -0.850. The van der Waals surface area contributed by atoms with E-state index < -0.39 is 11.6 Å². The molecule has 0 saturated heterocycles. The molecule has 0 atom stereocenters. The first-order valence-electron chi connectivity index (χ1n) is 7.22. The number of halogens is 3. The average Bonchev–Trinajstić information content (AvgIpc) is 2.80. The van der Waals surface area contributed by atoms with E-state index in [2.05, 4.69) is 28.0 Å². The molecule has 1 heterocycles. The summed E-state index contributed by atoms with van der Waals surface area (Å²) in [7, 11) is 0. The van der Waals surface area contributed by atoms with E-state index in [1.54, 1.807) is 6.20 Å². The molecule has 0 spiro atoms. The Bertz CT molecular complexity index is 623. The van der Waals surface area contributed by atoms with Crippen molar-refractivity contribution in [1.29, 1.82) is 0 Å². The van der Waals surface area contributed by atoms with Crippen LogP contribution in [0.3, 0.4) is 0 Å². The average molecular weight is 357 g/mol. The fourth-order valence-electron chi connectivity index (χ4n) is 2.39. The van der Waals surface area contributed by atoms with Gasteiger partial charge in [0.2, 0.25) is 0 Å². The number of benzene rings is 1. The van der Waals surface area contributed by atoms with Crippen LogP contribution in [0.4, 0.5) is 8.78 Å². The highest BCUT2D eigenvalue weighted by Crippen LogP contribution is 2.32. The molecule has 0 saturated carbocycles. The number of unbranched alkanes of at least 4 members (excludes halogenated alkanes) is 3. The zero-order valence-corrected chi connectivity index (χ0v) is 13.9. The molecule has 0 aliphatic heterocycles. The minimum Gasteiger partial charge on any atom is -0.265 e. The molecule has 0 N–H and O–H groups in total. The molecule has 0 amide bonds. The quantitative estimate of drug-likeness (QED) is 0.495. The number of aromatic nitrogens is 2. The summed E-state index contributed by atoms with van der Waals surface area (Å²) in [6.07, 6.45) is 6.32. The Balaban J connectivity index is 2.31. The highest BCUT2D eigenvalue weighted by molar-refractivity contribution is 9.10. The standard InChI is InChI=1S/C16H19BrF2N2/c1-3-4-5-6-7-21-16(11(2)10-20-21)12-8-14(18)15(19)9-13(12)17/h8-10H,3-7H2,1-2H3. The van der Waals surface area contributed by atoms with E-state index in [1.807, 2.05) is 11.6 Å². The van der Waals surface area contributed by atoms with Crippen molar-refractivity contribution in [3.05, 3.63) is 40.0 Å². The second-order valence-electron chi connectivity index (χ2n) is 5.21. The van der Waals surface area contributed by atoms with Crippen LogP contribution < -0.4 is 0 Å². The third kappa shape index (κ3) is 3.70. The SMILES string of the molecule is CCCCCCn1ncc(C)c1-c1cc(F)c(F)cc1Br. The van der Waals surface area contributed by atoms with Crippen LogP contribution in [0, 0.1) is 18.6 Å². The second kappa shape index (κ2) is 7.16. The topological polar surface area (TPSA) is 17.8 Å². The number of nitrogens with zero attached hydrogens (tertiary/aromatic N) is 2. The van der Waals surface area contributed by atoms with Crippen LogP contribution in [0.15, 0.2) is 22.8 Å². The molecule has 0 unspecified atom stereocenters. The molecule has 1 aromatic carbocycles. The second-order valence-corrected chi connectivity index (χ2v) is 6.06. The summed E-state index contributed by atoms with van der Waals surface area (Å²) >= 11 is 3.32. The first kappa shape index (κ1) is 16.1. The maximum Gasteiger partial charge on any atom is 0.159 e. The van der Waals surface area contributed by atoms with Gasteiger partial charge < -0.3 is 0 Å². The highest BCUT2D eigenvalue weighted by atomic mass is 79.9. The molecule has 1 aromatic heterocycles. The predicted molar refractivity (Wildman–Crippen MR) is 84.2 cm³/mol. The monoisotopic (exact) mass is 356 g/mol. The van der Waals surface area contributed by atoms with Crippen molar-refractivity contribution in [2.45, 2.75) is 46.1 Å². The molecule has 5 heteroatoms. The van der Waals surface area contributed by atoms with E-state index >= 15 is 0 Å². The molecule has 0 radical (unpaired) electrons. The summed E-state index contributed by atoms with van der Waals surface area (Å²) in [5.74, 6) is -1.69. The van der Waals surface area contributed by atoms with Crippen molar-refractivity contribution < 1.29 is 8.78 Å². The van der Waals surface area contributed by atoms with E-state index in [9.17, 15) is 8.78 Å². The summed E-state index contributed by atoms with van der Waals surface area (Å²) < 4.78 is 29.2. The first-order chi connectivity index (χ1) is 10.0. The molecule has 114 valence electrons. The largest absolute Gasteiger partial charge is 0.265 e. The van der Waals surface area contributed by atoms with Crippen LogP contribution in [0.25, 0.3) is 11.3 Å². The Kier molecular flexibility index (Phi) is 5.51. The molecule has 21 heavy (non-hydrogen) atoms. The summed E-state index contributed by atoms with van der Waals surface area (Å²) in [5, 5.41) is 4.36. The van der Waals surface area contributed by atoms with Gasteiger partial charge >= 0.3 is 0 Å². The fraction of sp³-hybridized carbons (Fsp3) is 0.438. The molecular weight excluding hydrogens is 338 g/mol. The Morgan fingerprint density at radius 3 is 2.57 bits per heavy atom. The van der Waals surface area contributed by atoms with E-state index in [0.29, 0.717) is 10.0 Å². The van der Waals surface area contributed by atoms with Crippen LogP contribution in [0.1, 0.15) is 38.2 Å². The van der Waals surface area contributed by atoms with Crippen molar-refractivity contribution in [3.8, 4) is 11.3 Å². The van der Waals surface area contributed by atoms with Gasteiger partial charge in [0.25, 0.3) is 0 Å². The van der Waals surface area contributed by atoms with Gasteiger partial charge in [-0.2, -0.15) is 5.10 Å². The fourth-order valence-corrected chi connectivity index (χ4v) is 2.90. The molecule has 0 aliphatic carbocycles. The maximum atomic E-state index is 13.5. The Morgan fingerprint density at radius 2 is 1.86 bits per heavy atom. The zero-order valence-electron chi connectivity index (χ0n) is 12.3. The van der Waals surface area contributed by atoms with Crippen LogP contribution >= 0.6 is 15.9 Å². The third-order valence-electron chi connectivity index (χ3n) is 3.51. The highest BCUT2D eigenvalue weighted by Gasteiger charge is 2.16. The lowest BCUT2D eigenvalue weighted by atomic mass is 10.1. The minimum absolute atomic E-state index is 0.541. The van der Waals surface area contributed by atoms with E-state index in [4.69, 9.17) is 0 Å². The third-order valence-corrected chi connectivity index (χ3v) is 4.17. The Labute approximate surface area is 132 Å². The van der Waals surface area contributed by atoms with E-state index in [0.717, 1.165) is 30.6 Å². The molecule has 0 aliphatic rings. The van der Waals surface area contributed by atoms with E-state index in [1.165, 1.54) is 25.0 Å². The molecule has 0 fully saturated rings. The van der Waals surface area contributed by atoms with Gasteiger partial charge in [-0.1, -0.05) is 26.2 Å². The lowest BCUT2D eigenvalue weighted by molar-refractivity contribution is 0.507. The van der Waals surface area contributed by atoms with Gasteiger partial charge in [0, 0.05) is 16.6 Å². The number of hydrogen-bond donors (Lipinski definition) is 0. The van der Waals surface area contributed by atoms with Crippen molar-refractivity contribution >= 4 is 15.9 Å². The zero-order chi connectivity index (χ0) is 15.4. The Hall–Kier alpha value is -1.23. The number of hydrogen-bond acceptors (Lipinski definition) is 1. The lowest BCUT2D eigenvalue weighted by Crippen LogP contribution is -2.04. The normalized spacial score (nSPS) is 11.1. The van der Waals surface area contributed by atoms with Crippen LogP contribution in [-0.2, 0) is 6.54 Å². The van der Waals surface area contributed by atoms with Gasteiger partial charge in [0.15, 0.2) is 11.6 Å². The van der Waals surface area contributed by atoms with Crippen LogP contribution in [-0.4, -0.2) is 9.78 Å². The van der Waals surface area contributed by atoms with Crippen molar-refractivity contribution in [1.82, 2.24) is 9.78 Å². The summed E-state index contributed by atoms with van der Waals surface area (Å²) in [6.45, 7) is 4.88. The first-order valence-corrected chi connectivity index (χ1v) is 8.01. The van der Waals surface area contributed by atoms with E-state index in [-0.39, 0.29) is 0 Å². The van der Waals surface area contributed by atoms with Gasteiger partial charge in [-0.15, -0.1) is 0 Å². The van der Waals surface area contributed by atoms with Gasteiger partial charge in [0.05, 0.1) is 11.9 Å². The van der Waals surface area contributed by atoms with Gasteiger partial charge in [-0.05, 0) is 47.0 Å². The molecule has 2 nitrogen and oxygen atoms in total. The molecular formula is C16H19BrF2N2. The van der Waals surface area contributed by atoms with Crippen molar-refractivity contribution in [3.63, 3.8) is 0 Å². The number of rotatable bonds is 6. The van der Waals surface area contributed by atoms with Gasteiger partial charge in [0.1, 0.15) is 0 Å². The van der Waals surface area contributed by atoms with Gasteiger partial charge in [-0.3, -0.25) is 4.68 Å². The smallest absolute Gasteiger partial charge is 0.159 e. The van der Waals surface area contributed by atoms with Gasteiger partial charge in [-0.25, -0.2) is 8.78 Å². The molecule has 2 aromatic rings. The van der Waals surface area contributed by atoms with Crippen molar-refractivity contribution in [2.24, 2.45) is 0 Å². The maximum absolute atomic E-state index is 13.5. The lowest BCUT2D eigenvalue weighted by Gasteiger charge is -2.11. The molecule has 0 bridgehead atoms. The summed E-state index contributed by atoms with van der Waals surface area (Å²) in [5.41, 5.74) is 2.44. The van der Waals surface area contributed by atoms with Crippen LogP contribution in [0.2, 0.25) is 0 Å². The van der Waals surface area contributed by atoms with Crippen molar-refractivity contribution in [2.75, 3.05) is 0 Å². The number of aryl methyl sites for hydroxylation is 2.